The first-order chi connectivity index (χ1) is 10.5. The van der Waals surface area contributed by atoms with Crippen molar-refractivity contribution in [2.75, 3.05) is 13.2 Å². The van der Waals surface area contributed by atoms with Gasteiger partial charge in [-0.2, -0.15) is 0 Å². The summed E-state index contributed by atoms with van der Waals surface area (Å²) in [5, 5.41) is 19.9. The lowest BCUT2D eigenvalue weighted by Gasteiger charge is -2.31. The van der Waals surface area contributed by atoms with E-state index in [1.807, 2.05) is 0 Å². The molecule has 1 aliphatic rings. The molecule has 1 fully saturated rings. The number of amides is 1. The lowest BCUT2D eigenvalue weighted by Crippen LogP contribution is -2.51. The number of nitrogens with two attached hydrogens (primary N) is 1. The lowest BCUT2D eigenvalue weighted by atomic mass is 9.78. The second-order valence-electron chi connectivity index (χ2n) is 7.15. The van der Waals surface area contributed by atoms with Gasteiger partial charge in [-0.25, -0.2) is 4.79 Å². The Labute approximate surface area is 135 Å². The summed E-state index contributed by atoms with van der Waals surface area (Å²) in [5.74, 6) is -3.29. The molecule has 0 bridgehead atoms. The summed E-state index contributed by atoms with van der Waals surface area (Å²) in [6, 6.07) is -2.54. The van der Waals surface area contributed by atoms with Gasteiger partial charge in [0.1, 0.15) is 0 Å². The normalized spacial score (nSPS) is 18.8. The Morgan fingerprint density at radius 1 is 1.26 bits per heavy atom. The van der Waals surface area contributed by atoms with E-state index in [9.17, 15) is 14.4 Å². The van der Waals surface area contributed by atoms with Gasteiger partial charge in [0.15, 0.2) is 6.04 Å². The van der Waals surface area contributed by atoms with Gasteiger partial charge in [0.05, 0.1) is 25.7 Å². The molecule has 8 nitrogen and oxygen atoms in total. The number of carboxylic acids is 2. The van der Waals surface area contributed by atoms with Crippen molar-refractivity contribution >= 4 is 17.8 Å². The van der Waals surface area contributed by atoms with Crippen molar-refractivity contribution in [2.45, 2.75) is 52.1 Å². The zero-order valence-electron chi connectivity index (χ0n) is 13.8. The third kappa shape index (κ3) is 5.47. The van der Waals surface area contributed by atoms with Crippen LogP contribution in [0.5, 0.6) is 0 Å². The minimum Gasteiger partial charge on any atom is -0.481 e. The van der Waals surface area contributed by atoms with Crippen LogP contribution in [0.25, 0.3) is 0 Å². The fourth-order valence-electron chi connectivity index (χ4n) is 2.37. The van der Waals surface area contributed by atoms with Gasteiger partial charge in [0.2, 0.25) is 5.91 Å². The van der Waals surface area contributed by atoms with Gasteiger partial charge >= 0.3 is 11.9 Å². The Hall–Kier alpha value is -1.67. The molecule has 0 aromatic heterocycles. The highest BCUT2D eigenvalue weighted by Crippen LogP contribution is 2.58. The maximum absolute atomic E-state index is 11.7. The zero-order chi connectivity index (χ0) is 17.8. The van der Waals surface area contributed by atoms with Crippen LogP contribution in [0.3, 0.4) is 0 Å². The molecule has 0 unspecified atom stereocenters. The summed E-state index contributed by atoms with van der Waals surface area (Å²) in [7, 11) is 0. The van der Waals surface area contributed by atoms with E-state index in [0.29, 0.717) is 6.61 Å². The molecule has 0 aliphatic heterocycles. The topological polar surface area (TPSA) is 139 Å². The first-order valence-electron chi connectivity index (χ1n) is 7.57. The summed E-state index contributed by atoms with van der Waals surface area (Å²) in [5.41, 5.74) is 5.53. The Bertz CT molecular complexity index is 467. The summed E-state index contributed by atoms with van der Waals surface area (Å²) < 4.78 is 5.52. The van der Waals surface area contributed by atoms with Crippen LogP contribution in [0, 0.1) is 10.8 Å². The smallest absolute Gasteiger partial charge is 0.328 e. The highest BCUT2D eigenvalue weighted by molar-refractivity contribution is 5.89. The van der Waals surface area contributed by atoms with Gasteiger partial charge in [-0.3, -0.25) is 9.59 Å². The fourth-order valence-corrected chi connectivity index (χ4v) is 2.37. The number of carboxylic acid groups (broad SMARTS) is 2. The minimum atomic E-state index is -1.29. The van der Waals surface area contributed by atoms with Gasteiger partial charge in [0.25, 0.3) is 0 Å². The van der Waals surface area contributed by atoms with Gasteiger partial charge in [-0.1, -0.05) is 20.8 Å². The van der Waals surface area contributed by atoms with Crippen molar-refractivity contribution in [2.24, 2.45) is 16.6 Å². The molecule has 23 heavy (non-hydrogen) atoms. The van der Waals surface area contributed by atoms with E-state index in [1.165, 1.54) is 0 Å². The molecule has 0 radical (unpaired) electrons. The van der Waals surface area contributed by atoms with Crippen molar-refractivity contribution in [1.29, 1.82) is 0 Å². The maximum atomic E-state index is 11.7. The second-order valence-corrected chi connectivity index (χ2v) is 7.15. The second kappa shape index (κ2) is 7.27. The fraction of sp³-hybridized carbons (Fsp3) is 0.800. The first kappa shape index (κ1) is 19.4. The highest BCUT2D eigenvalue weighted by Gasteiger charge is 2.52. The lowest BCUT2D eigenvalue weighted by molar-refractivity contribution is -0.144. The van der Waals surface area contributed by atoms with Gasteiger partial charge < -0.3 is 26.0 Å². The van der Waals surface area contributed by atoms with Crippen LogP contribution in [0.15, 0.2) is 0 Å². The summed E-state index contributed by atoms with van der Waals surface area (Å²) in [6.07, 6.45) is 1.50. The van der Waals surface area contributed by atoms with Crippen molar-refractivity contribution in [3.63, 3.8) is 0 Å². The highest BCUT2D eigenvalue weighted by atomic mass is 16.5. The molecule has 5 N–H and O–H groups in total. The van der Waals surface area contributed by atoms with Crippen molar-refractivity contribution in [1.82, 2.24) is 5.32 Å². The number of rotatable bonds is 9. The van der Waals surface area contributed by atoms with Gasteiger partial charge in [-0.05, 0) is 23.7 Å². The third-order valence-corrected chi connectivity index (χ3v) is 4.45. The van der Waals surface area contributed by atoms with Crippen molar-refractivity contribution < 1.29 is 29.3 Å². The van der Waals surface area contributed by atoms with E-state index >= 15 is 0 Å². The standard InChI is InChI=1S/C15H26N2O6/c1-14(2,3)15(4-5-15)8-23-7-10(13(21)22)17-12(20)9(16)6-11(18)19/h9-10H,4-8,16H2,1-3H3,(H,17,20)(H,18,19)(H,21,22)/t9-,10-/m0/s1. The molecule has 1 saturated carbocycles. The van der Waals surface area contributed by atoms with E-state index in [4.69, 9.17) is 20.7 Å². The number of nitrogens with one attached hydrogen (secondary N) is 1. The van der Waals surface area contributed by atoms with E-state index in [1.54, 1.807) is 0 Å². The number of carbonyl (C=O) groups excluding carboxylic acids is 1. The van der Waals surface area contributed by atoms with Gasteiger partial charge in [0, 0.05) is 0 Å². The van der Waals surface area contributed by atoms with E-state index < -0.39 is 36.4 Å². The quantitative estimate of drug-likeness (QED) is 0.473. The Morgan fingerprint density at radius 3 is 2.22 bits per heavy atom. The van der Waals surface area contributed by atoms with Crippen LogP contribution in [-0.4, -0.2) is 53.4 Å². The van der Waals surface area contributed by atoms with Crippen LogP contribution in [0.1, 0.15) is 40.0 Å². The Balaban J connectivity index is 2.49. The number of carbonyl (C=O) groups is 3. The van der Waals surface area contributed by atoms with Gasteiger partial charge in [-0.15, -0.1) is 0 Å². The molecule has 1 aliphatic carbocycles. The van der Waals surface area contributed by atoms with E-state index in [0.717, 1.165) is 12.8 Å². The maximum Gasteiger partial charge on any atom is 0.328 e. The number of aliphatic carboxylic acids is 2. The van der Waals surface area contributed by atoms with Crippen LogP contribution in [-0.2, 0) is 19.1 Å². The van der Waals surface area contributed by atoms with Crippen LogP contribution in [0.2, 0.25) is 0 Å². The Kier molecular flexibility index (Phi) is 6.12. The summed E-state index contributed by atoms with van der Waals surface area (Å²) in [4.78, 5) is 33.4. The molecule has 0 aromatic rings. The van der Waals surface area contributed by atoms with Crippen molar-refractivity contribution in [3.05, 3.63) is 0 Å². The molecular weight excluding hydrogens is 304 g/mol. The summed E-state index contributed by atoms with van der Waals surface area (Å²) in [6.45, 7) is 6.59. The Morgan fingerprint density at radius 2 is 1.83 bits per heavy atom. The predicted molar refractivity (Wildman–Crippen MR) is 81.7 cm³/mol. The van der Waals surface area contributed by atoms with Crippen LogP contribution >= 0.6 is 0 Å². The largest absolute Gasteiger partial charge is 0.481 e. The zero-order valence-corrected chi connectivity index (χ0v) is 13.8. The molecule has 132 valence electrons. The molecule has 0 aromatic carbocycles. The van der Waals surface area contributed by atoms with Crippen molar-refractivity contribution in [3.8, 4) is 0 Å². The first-order valence-corrected chi connectivity index (χ1v) is 7.57. The number of ether oxygens (including phenoxy) is 1. The molecule has 8 heteroatoms. The van der Waals surface area contributed by atoms with E-state index in [2.05, 4.69) is 26.1 Å². The molecule has 1 rings (SSSR count). The molecule has 0 spiro atoms. The average Bonchev–Trinajstić information content (AvgIpc) is 3.16. The summed E-state index contributed by atoms with van der Waals surface area (Å²) >= 11 is 0. The average molecular weight is 330 g/mol. The molecule has 0 saturated heterocycles. The van der Waals surface area contributed by atoms with E-state index in [-0.39, 0.29) is 17.4 Å². The minimum absolute atomic E-state index is 0.0553. The third-order valence-electron chi connectivity index (χ3n) is 4.45. The monoisotopic (exact) mass is 330 g/mol. The molecular formula is C15H26N2O6. The molecule has 0 heterocycles. The molecule has 2 atom stereocenters. The molecule has 1 amide bonds. The SMILES string of the molecule is CC(C)(C)C1(COC[C@H](NC(=O)[C@@H](N)CC(=O)O)C(=O)O)CC1. The van der Waals surface area contributed by atoms with Crippen LogP contribution in [0.4, 0.5) is 0 Å². The van der Waals surface area contributed by atoms with Crippen LogP contribution < -0.4 is 11.1 Å². The predicted octanol–water partition coefficient (Wildman–Crippen LogP) is 0.201. The number of hydrogen-bond donors (Lipinski definition) is 4. The number of hydrogen-bond acceptors (Lipinski definition) is 5.